The van der Waals surface area contributed by atoms with Crippen LogP contribution in [0.2, 0.25) is 25.1 Å². The largest absolute Gasteiger partial charge is 0.265 e. The van der Waals surface area contributed by atoms with Gasteiger partial charge in [0.25, 0.3) is 0 Å². The number of nitrogens with zero attached hydrogens (tertiary/aromatic N) is 1. The van der Waals surface area contributed by atoms with E-state index in [2.05, 4.69) is 17.1 Å². The van der Waals surface area contributed by atoms with E-state index in [1.807, 2.05) is 134 Å². The van der Waals surface area contributed by atoms with Crippen LogP contribution in [-0.4, -0.2) is 4.98 Å². The van der Waals surface area contributed by atoms with Gasteiger partial charge in [-0.1, -0.05) is 94.4 Å². The van der Waals surface area contributed by atoms with Gasteiger partial charge < -0.3 is 0 Å². The third-order valence-electron chi connectivity index (χ3n) is 7.19. The first-order chi connectivity index (χ1) is 27.7. The Morgan fingerprint density at radius 3 is 0.864 bits per heavy atom. The van der Waals surface area contributed by atoms with Crippen LogP contribution >= 0.6 is 58.0 Å². The van der Waals surface area contributed by atoms with Gasteiger partial charge in [-0.05, 0) is 203 Å². The van der Waals surface area contributed by atoms with Crippen molar-refractivity contribution in [1.82, 2.24) is 4.98 Å². The second-order valence-electron chi connectivity index (χ2n) is 13.6. The third kappa shape index (κ3) is 27.9. The monoisotopic (exact) mass is 897 g/mol. The number of halogens is 8. The maximum atomic E-state index is 12.2. The van der Waals surface area contributed by atoms with Crippen molar-refractivity contribution in [2.45, 2.75) is 62.3 Å². The van der Waals surface area contributed by atoms with Crippen LogP contribution in [0.25, 0.3) is 0 Å². The Morgan fingerprint density at radius 1 is 0.288 bits per heavy atom. The highest BCUT2D eigenvalue weighted by atomic mass is 35.5. The standard InChI is InChI=1S/2C8H9Cl.C7H6Cl2.C7H7Cl.C7H6F2.C7H7F.C6H7N/c2*1-6-3-7(2)5-8(9)4-6;1-5-2-6(8)4-7(9)3-5;1-6-3-2-4-7(8)5-6;1-5-2-6(8)4-7(9)3-5;1-6-3-2-4-7(8)5-6;1-6-2-4-7-5-3-6/h2*3-5H,1-2H3;2-4H,1H3;2-5H,1H3;2-4H,1H3;2-5H,1H3;2-5H,1H3. The lowest BCUT2D eigenvalue weighted by molar-refractivity contribution is 0.581. The summed E-state index contributed by atoms with van der Waals surface area (Å²) < 4.78 is 36.5. The predicted molar refractivity (Wildman–Crippen MR) is 250 cm³/mol. The summed E-state index contributed by atoms with van der Waals surface area (Å²) in [5, 5.41) is 3.85. The van der Waals surface area contributed by atoms with E-state index < -0.39 is 11.6 Å². The van der Waals surface area contributed by atoms with Crippen LogP contribution < -0.4 is 0 Å². The molecule has 0 spiro atoms. The Bertz CT molecular complexity index is 1800. The third-order valence-corrected chi connectivity index (χ3v) is 8.30. The van der Waals surface area contributed by atoms with Crippen LogP contribution in [0.15, 0.2) is 146 Å². The van der Waals surface area contributed by atoms with Gasteiger partial charge in [0.1, 0.15) is 17.5 Å². The zero-order chi connectivity index (χ0) is 44.5. The molecule has 1 heterocycles. The number of pyridine rings is 1. The molecule has 0 saturated carbocycles. The van der Waals surface area contributed by atoms with E-state index in [1.165, 1.54) is 57.6 Å². The summed E-state index contributed by atoms with van der Waals surface area (Å²) in [6.07, 6.45) is 3.57. The SMILES string of the molecule is Cc1cc(C)cc(Cl)c1.Cc1cc(C)cc(Cl)c1.Cc1cc(Cl)cc(Cl)c1.Cc1cc(F)cc(F)c1.Cc1cccc(Cl)c1.Cc1cccc(F)c1.Cc1ccncc1. The van der Waals surface area contributed by atoms with Crippen LogP contribution in [0, 0.1) is 79.8 Å². The molecule has 59 heavy (non-hydrogen) atoms. The molecule has 9 heteroatoms. The van der Waals surface area contributed by atoms with Gasteiger partial charge in [-0.2, -0.15) is 0 Å². The number of rotatable bonds is 0. The van der Waals surface area contributed by atoms with Crippen molar-refractivity contribution in [3.8, 4) is 0 Å². The Kier molecular flexibility index (Phi) is 25.9. The minimum Gasteiger partial charge on any atom is -0.265 e. The van der Waals surface area contributed by atoms with Gasteiger partial charge in [0.2, 0.25) is 0 Å². The molecule has 7 aromatic rings. The second kappa shape index (κ2) is 29.0. The van der Waals surface area contributed by atoms with E-state index in [-0.39, 0.29) is 5.82 Å². The molecule has 0 saturated heterocycles. The lowest BCUT2D eigenvalue weighted by Crippen LogP contribution is -1.80. The lowest BCUT2D eigenvalue weighted by Gasteiger charge is -1.95. The van der Waals surface area contributed by atoms with Crippen molar-refractivity contribution in [1.29, 1.82) is 0 Å². The minimum atomic E-state index is -0.521. The Labute approximate surface area is 374 Å². The summed E-state index contributed by atoms with van der Waals surface area (Å²) >= 11 is 28.5. The van der Waals surface area contributed by atoms with Crippen LogP contribution in [0.5, 0.6) is 0 Å². The summed E-state index contributed by atoms with van der Waals surface area (Å²) in [6, 6.07) is 39.1. The number of benzene rings is 6. The van der Waals surface area contributed by atoms with Gasteiger partial charge in [0.05, 0.1) is 0 Å². The van der Waals surface area contributed by atoms with Crippen LogP contribution in [0.3, 0.4) is 0 Å². The van der Waals surface area contributed by atoms with Crippen LogP contribution in [0.4, 0.5) is 13.2 Å². The highest BCUT2D eigenvalue weighted by molar-refractivity contribution is 6.34. The second-order valence-corrected chi connectivity index (χ2v) is 15.8. The molecule has 0 fully saturated rings. The molecule has 1 nitrogen and oxygen atoms in total. The number of hydrogen-bond donors (Lipinski definition) is 0. The van der Waals surface area contributed by atoms with E-state index in [1.54, 1.807) is 31.5 Å². The van der Waals surface area contributed by atoms with Crippen molar-refractivity contribution in [2.75, 3.05) is 0 Å². The quantitative estimate of drug-likeness (QED) is 0.148. The summed E-state index contributed by atoms with van der Waals surface area (Å²) in [5.74, 6) is -1.20. The zero-order valence-electron chi connectivity index (χ0n) is 34.8. The van der Waals surface area contributed by atoms with Gasteiger partial charge in [-0.15, -0.1) is 0 Å². The maximum absolute atomic E-state index is 12.2. The van der Waals surface area contributed by atoms with E-state index in [9.17, 15) is 13.2 Å². The van der Waals surface area contributed by atoms with Crippen molar-refractivity contribution >= 4 is 58.0 Å². The Hall–Kier alpha value is -4.29. The van der Waals surface area contributed by atoms with Gasteiger partial charge in [-0.25, -0.2) is 13.2 Å². The van der Waals surface area contributed by atoms with E-state index in [4.69, 9.17) is 58.0 Å². The first-order valence-electron chi connectivity index (χ1n) is 18.3. The van der Waals surface area contributed by atoms with E-state index >= 15 is 0 Å². The molecule has 0 unspecified atom stereocenters. The highest BCUT2D eigenvalue weighted by Crippen LogP contribution is 2.18. The van der Waals surface area contributed by atoms with Crippen molar-refractivity contribution < 1.29 is 13.2 Å². The average molecular weight is 900 g/mol. The molecule has 0 bridgehead atoms. The van der Waals surface area contributed by atoms with Crippen molar-refractivity contribution in [3.63, 3.8) is 0 Å². The summed E-state index contributed by atoms with van der Waals surface area (Å²) in [5.41, 5.74) is 10.0. The summed E-state index contributed by atoms with van der Waals surface area (Å²) in [7, 11) is 0. The predicted octanol–water partition coefficient (Wildman–Crippen LogP) is 17.7. The molecule has 0 atom stereocenters. The molecule has 1 aromatic heterocycles. The van der Waals surface area contributed by atoms with E-state index in [0.29, 0.717) is 15.6 Å². The Morgan fingerprint density at radius 2 is 0.610 bits per heavy atom. The first kappa shape index (κ1) is 52.7. The topological polar surface area (TPSA) is 12.9 Å². The van der Waals surface area contributed by atoms with Crippen molar-refractivity contribution in [2.24, 2.45) is 0 Å². The first-order valence-corrected chi connectivity index (χ1v) is 20.2. The molecule has 0 aliphatic rings. The van der Waals surface area contributed by atoms with Gasteiger partial charge in [0, 0.05) is 43.6 Å². The molecule has 0 amide bonds. The molecule has 7 rings (SSSR count). The Balaban J connectivity index is 0.000000345. The fraction of sp³-hybridized carbons (Fsp3) is 0.180. The maximum Gasteiger partial charge on any atom is 0.126 e. The van der Waals surface area contributed by atoms with Crippen LogP contribution in [0.1, 0.15) is 50.1 Å². The fourth-order valence-electron chi connectivity index (χ4n) is 4.86. The lowest BCUT2D eigenvalue weighted by atomic mass is 10.2. The molecule has 0 N–H and O–H groups in total. The fourth-order valence-corrected chi connectivity index (χ4v) is 6.43. The normalized spacial score (nSPS) is 9.44. The summed E-state index contributed by atoms with van der Waals surface area (Å²) in [6.45, 7) is 17.7. The summed E-state index contributed by atoms with van der Waals surface area (Å²) in [4.78, 5) is 3.85. The molecule has 312 valence electrons. The molecular weight excluding hydrogens is 849 g/mol. The zero-order valence-corrected chi connectivity index (χ0v) is 38.6. The van der Waals surface area contributed by atoms with Crippen LogP contribution in [-0.2, 0) is 0 Å². The van der Waals surface area contributed by atoms with Gasteiger partial charge >= 0.3 is 0 Å². The molecular formula is C50H51Cl5F3N. The smallest absolute Gasteiger partial charge is 0.126 e. The molecule has 0 aliphatic carbocycles. The van der Waals surface area contributed by atoms with Gasteiger partial charge in [0.15, 0.2) is 0 Å². The molecule has 6 aromatic carbocycles. The number of aryl methyl sites for hydroxylation is 9. The molecule has 0 radical (unpaired) electrons. The van der Waals surface area contributed by atoms with Crippen molar-refractivity contribution in [3.05, 3.63) is 238 Å². The minimum absolute atomic E-state index is 0.162. The number of hydrogen-bond acceptors (Lipinski definition) is 1. The highest BCUT2D eigenvalue weighted by Gasteiger charge is 1.95. The number of aromatic nitrogens is 1. The van der Waals surface area contributed by atoms with E-state index in [0.717, 1.165) is 32.3 Å². The van der Waals surface area contributed by atoms with Gasteiger partial charge in [-0.3, -0.25) is 4.98 Å². The molecule has 0 aliphatic heterocycles. The average Bonchev–Trinajstić information content (AvgIpc) is 3.08.